The summed E-state index contributed by atoms with van der Waals surface area (Å²) in [6, 6.07) is 0. The van der Waals surface area contributed by atoms with Gasteiger partial charge in [-0.05, 0) is 30.8 Å². The second kappa shape index (κ2) is 5.57. The molecule has 2 rings (SSSR count). The number of thioether (sulfide) groups is 1. The molecule has 0 saturated carbocycles. The van der Waals surface area contributed by atoms with Crippen molar-refractivity contribution in [2.24, 2.45) is 0 Å². The van der Waals surface area contributed by atoms with Crippen LogP contribution in [0.3, 0.4) is 0 Å². The van der Waals surface area contributed by atoms with Crippen LogP contribution in [0.1, 0.15) is 32.0 Å². The SMILES string of the molecule is CCSCCCn1nc2n(c1=O)CCCC2. The highest BCUT2D eigenvalue weighted by atomic mass is 32.2. The fourth-order valence-electron chi connectivity index (χ4n) is 2.05. The zero-order chi connectivity index (χ0) is 11.4. The Morgan fingerprint density at radius 2 is 2.31 bits per heavy atom. The van der Waals surface area contributed by atoms with E-state index in [4.69, 9.17) is 0 Å². The third-order valence-corrected chi connectivity index (χ3v) is 3.88. The summed E-state index contributed by atoms with van der Waals surface area (Å²) in [6.45, 7) is 3.79. The maximum Gasteiger partial charge on any atom is 0.345 e. The Hall–Kier alpha value is -0.710. The lowest BCUT2D eigenvalue weighted by atomic mass is 10.2. The van der Waals surface area contributed by atoms with E-state index in [9.17, 15) is 4.79 Å². The van der Waals surface area contributed by atoms with Crippen LogP contribution in [-0.4, -0.2) is 25.9 Å². The van der Waals surface area contributed by atoms with Gasteiger partial charge in [-0.2, -0.15) is 16.9 Å². The Balaban J connectivity index is 1.99. The standard InChI is InChI=1S/C11H19N3OS/c1-2-16-9-5-8-14-11(15)13-7-4-3-6-10(13)12-14/h2-9H2,1H3. The zero-order valence-corrected chi connectivity index (χ0v) is 10.6. The van der Waals surface area contributed by atoms with Gasteiger partial charge in [0.25, 0.3) is 0 Å². The summed E-state index contributed by atoms with van der Waals surface area (Å²) in [5.74, 6) is 3.25. The number of aryl methyl sites for hydroxylation is 2. The molecule has 1 aliphatic rings. The van der Waals surface area contributed by atoms with E-state index in [1.807, 2.05) is 16.3 Å². The molecule has 0 saturated heterocycles. The topological polar surface area (TPSA) is 39.8 Å². The molecule has 1 aliphatic heterocycles. The van der Waals surface area contributed by atoms with Crippen LogP contribution in [0.2, 0.25) is 0 Å². The molecule has 5 heteroatoms. The van der Waals surface area contributed by atoms with Gasteiger partial charge in [0.1, 0.15) is 5.82 Å². The van der Waals surface area contributed by atoms with Crippen molar-refractivity contribution in [1.29, 1.82) is 0 Å². The summed E-state index contributed by atoms with van der Waals surface area (Å²) >= 11 is 1.92. The van der Waals surface area contributed by atoms with Gasteiger partial charge in [0.2, 0.25) is 0 Å². The predicted molar refractivity (Wildman–Crippen MR) is 67.0 cm³/mol. The molecule has 1 aromatic rings. The first kappa shape index (κ1) is 11.8. The molecule has 1 aromatic heterocycles. The van der Waals surface area contributed by atoms with E-state index < -0.39 is 0 Å². The Morgan fingerprint density at radius 3 is 3.06 bits per heavy atom. The van der Waals surface area contributed by atoms with Gasteiger partial charge >= 0.3 is 5.69 Å². The maximum atomic E-state index is 11.9. The van der Waals surface area contributed by atoms with Gasteiger partial charge in [-0.25, -0.2) is 9.48 Å². The Kier molecular flexibility index (Phi) is 4.09. The fourth-order valence-corrected chi connectivity index (χ4v) is 2.68. The van der Waals surface area contributed by atoms with Crippen molar-refractivity contribution in [2.45, 2.75) is 45.7 Å². The van der Waals surface area contributed by atoms with Gasteiger partial charge in [0.05, 0.1) is 0 Å². The summed E-state index contributed by atoms with van der Waals surface area (Å²) in [5.41, 5.74) is 0.0937. The number of rotatable bonds is 5. The zero-order valence-electron chi connectivity index (χ0n) is 9.81. The monoisotopic (exact) mass is 241 g/mol. The van der Waals surface area contributed by atoms with Crippen LogP contribution in [0.25, 0.3) is 0 Å². The molecule has 2 heterocycles. The van der Waals surface area contributed by atoms with E-state index in [-0.39, 0.29) is 5.69 Å². The van der Waals surface area contributed by atoms with Crippen LogP contribution in [-0.2, 0) is 19.5 Å². The van der Waals surface area contributed by atoms with Crippen molar-refractivity contribution in [1.82, 2.24) is 14.3 Å². The van der Waals surface area contributed by atoms with Crippen LogP contribution in [0.5, 0.6) is 0 Å². The van der Waals surface area contributed by atoms with E-state index in [0.29, 0.717) is 0 Å². The summed E-state index contributed by atoms with van der Waals surface area (Å²) in [6.07, 6.45) is 4.28. The molecule has 0 aromatic carbocycles. The molecule has 4 nitrogen and oxygen atoms in total. The number of hydrogen-bond acceptors (Lipinski definition) is 3. The lowest BCUT2D eigenvalue weighted by molar-refractivity contribution is 0.510. The highest BCUT2D eigenvalue weighted by Gasteiger charge is 2.15. The van der Waals surface area contributed by atoms with E-state index in [1.54, 1.807) is 4.68 Å². The van der Waals surface area contributed by atoms with Crippen molar-refractivity contribution >= 4 is 11.8 Å². The summed E-state index contributed by atoms with van der Waals surface area (Å²) in [5, 5.41) is 4.41. The van der Waals surface area contributed by atoms with E-state index in [1.165, 1.54) is 6.42 Å². The first-order valence-electron chi connectivity index (χ1n) is 6.07. The first-order chi connectivity index (χ1) is 7.83. The molecule has 0 radical (unpaired) electrons. The van der Waals surface area contributed by atoms with E-state index in [2.05, 4.69) is 12.0 Å². The van der Waals surface area contributed by atoms with Crippen LogP contribution in [0.15, 0.2) is 4.79 Å². The summed E-state index contributed by atoms with van der Waals surface area (Å²) in [7, 11) is 0. The molecule has 0 atom stereocenters. The fraction of sp³-hybridized carbons (Fsp3) is 0.818. The second-order valence-electron chi connectivity index (χ2n) is 4.08. The number of aromatic nitrogens is 3. The molecule has 0 fully saturated rings. The van der Waals surface area contributed by atoms with E-state index in [0.717, 1.165) is 49.7 Å². The van der Waals surface area contributed by atoms with Crippen molar-refractivity contribution in [3.8, 4) is 0 Å². The highest BCUT2D eigenvalue weighted by Crippen LogP contribution is 2.09. The van der Waals surface area contributed by atoms with Crippen LogP contribution in [0.4, 0.5) is 0 Å². The third kappa shape index (κ3) is 2.51. The quantitative estimate of drug-likeness (QED) is 0.734. The van der Waals surface area contributed by atoms with Crippen molar-refractivity contribution in [2.75, 3.05) is 11.5 Å². The minimum absolute atomic E-state index is 0.0937. The number of hydrogen-bond donors (Lipinski definition) is 0. The molecular weight excluding hydrogens is 222 g/mol. The smallest absolute Gasteiger partial charge is 0.279 e. The lowest BCUT2D eigenvalue weighted by Crippen LogP contribution is -2.27. The molecular formula is C11H19N3OS. The molecule has 0 amide bonds. The van der Waals surface area contributed by atoms with Crippen LogP contribution in [0, 0.1) is 0 Å². The molecule has 90 valence electrons. The van der Waals surface area contributed by atoms with Crippen molar-refractivity contribution in [3.05, 3.63) is 16.3 Å². The number of fused-ring (bicyclic) bond motifs is 1. The lowest BCUT2D eigenvalue weighted by Gasteiger charge is -2.09. The first-order valence-corrected chi connectivity index (χ1v) is 7.22. The van der Waals surface area contributed by atoms with Crippen LogP contribution >= 0.6 is 11.8 Å². The third-order valence-electron chi connectivity index (χ3n) is 2.89. The second-order valence-corrected chi connectivity index (χ2v) is 5.48. The average molecular weight is 241 g/mol. The minimum atomic E-state index is 0.0937. The van der Waals surface area contributed by atoms with Crippen LogP contribution < -0.4 is 5.69 Å². The minimum Gasteiger partial charge on any atom is -0.279 e. The Morgan fingerprint density at radius 1 is 1.44 bits per heavy atom. The van der Waals surface area contributed by atoms with Crippen molar-refractivity contribution < 1.29 is 0 Å². The van der Waals surface area contributed by atoms with E-state index >= 15 is 0 Å². The largest absolute Gasteiger partial charge is 0.345 e. The normalized spacial score (nSPS) is 15.1. The summed E-state index contributed by atoms with van der Waals surface area (Å²) < 4.78 is 3.49. The van der Waals surface area contributed by atoms with Gasteiger partial charge in [0.15, 0.2) is 0 Å². The summed E-state index contributed by atoms with van der Waals surface area (Å²) in [4.78, 5) is 11.9. The van der Waals surface area contributed by atoms with Gasteiger partial charge in [-0.3, -0.25) is 4.57 Å². The highest BCUT2D eigenvalue weighted by molar-refractivity contribution is 7.99. The molecule has 0 aliphatic carbocycles. The maximum absolute atomic E-state index is 11.9. The van der Waals surface area contributed by atoms with Gasteiger partial charge in [-0.15, -0.1) is 0 Å². The Bertz CT molecular complexity index is 396. The molecule has 0 unspecified atom stereocenters. The molecule has 0 bridgehead atoms. The molecule has 16 heavy (non-hydrogen) atoms. The average Bonchev–Trinajstić information content (AvgIpc) is 2.63. The van der Waals surface area contributed by atoms with Gasteiger partial charge in [0, 0.05) is 19.5 Å². The molecule has 0 spiro atoms. The molecule has 0 N–H and O–H groups in total. The van der Waals surface area contributed by atoms with Gasteiger partial charge < -0.3 is 0 Å². The van der Waals surface area contributed by atoms with Gasteiger partial charge in [-0.1, -0.05) is 6.92 Å². The Labute approximate surface area is 100 Å². The van der Waals surface area contributed by atoms with Crippen molar-refractivity contribution in [3.63, 3.8) is 0 Å². The predicted octanol–water partition coefficient (Wildman–Crippen LogP) is 1.52. The number of nitrogens with zero attached hydrogens (tertiary/aromatic N) is 3.